The van der Waals surface area contributed by atoms with Crippen LogP contribution >= 0.6 is 11.8 Å². The van der Waals surface area contributed by atoms with Crippen molar-refractivity contribution in [3.8, 4) is 56.2 Å². The third-order valence-electron chi connectivity index (χ3n) is 12.9. The Morgan fingerprint density at radius 3 is 1.66 bits per heavy atom. The molecule has 0 radical (unpaired) electrons. The second-order valence-corrected chi connectivity index (χ2v) is 17.3. The molecule has 0 fully saturated rings. The molecule has 4 heteroatoms. The van der Waals surface area contributed by atoms with Crippen LogP contribution in [0, 0.1) is 0 Å². The van der Waals surface area contributed by atoms with Gasteiger partial charge in [-0.2, -0.15) is 0 Å². The van der Waals surface area contributed by atoms with Gasteiger partial charge in [-0.3, -0.25) is 0 Å². The lowest BCUT2D eigenvalue weighted by Crippen LogP contribution is -2.31. The minimum Gasteiger partial charge on any atom is -0.247 e. The van der Waals surface area contributed by atoms with E-state index in [2.05, 4.69) is 188 Å². The first-order chi connectivity index (χ1) is 30.7. The van der Waals surface area contributed by atoms with Crippen LogP contribution in [0.3, 0.4) is 0 Å². The van der Waals surface area contributed by atoms with Crippen LogP contribution in [-0.4, -0.2) is 15.0 Å². The Labute approximate surface area is 363 Å². The van der Waals surface area contributed by atoms with Gasteiger partial charge in [0.25, 0.3) is 0 Å². The van der Waals surface area contributed by atoms with Gasteiger partial charge in [-0.1, -0.05) is 200 Å². The van der Waals surface area contributed by atoms with Crippen LogP contribution in [0.4, 0.5) is 0 Å². The van der Waals surface area contributed by atoms with Crippen molar-refractivity contribution in [3.05, 3.63) is 235 Å². The largest absolute Gasteiger partial charge is 0.247 e. The van der Waals surface area contributed by atoms with E-state index < -0.39 is 5.41 Å². The smallest absolute Gasteiger partial charge is 0.160 e. The predicted octanol–water partition coefficient (Wildman–Crippen LogP) is 14.8. The minimum atomic E-state index is -0.459. The third kappa shape index (κ3) is 5.11. The predicted molar refractivity (Wildman–Crippen MR) is 256 cm³/mol. The zero-order chi connectivity index (χ0) is 40.8. The van der Waals surface area contributed by atoms with Crippen molar-refractivity contribution in [3.63, 3.8) is 0 Å². The van der Waals surface area contributed by atoms with Gasteiger partial charge in [-0.05, 0) is 68.8 Å². The Morgan fingerprint density at radius 2 is 0.903 bits per heavy atom. The molecule has 13 rings (SSSR count). The summed E-state index contributed by atoms with van der Waals surface area (Å²) < 4.78 is 0. The molecule has 62 heavy (non-hydrogen) atoms. The summed E-state index contributed by atoms with van der Waals surface area (Å²) in [5.74, 6) is 0.723. The highest BCUT2D eigenvalue weighted by Gasteiger charge is 2.50. The number of hydrogen-bond acceptors (Lipinski definition) is 4. The summed E-state index contributed by atoms with van der Waals surface area (Å²) in [6.07, 6.45) is 0. The molecule has 3 nitrogen and oxygen atoms in total. The molecule has 2 aliphatic rings. The number of pyridine rings is 1. The van der Waals surface area contributed by atoms with E-state index >= 15 is 0 Å². The first-order valence-corrected chi connectivity index (χ1v) is 21.9. The number of para-hydroxylation sites is 1. The Kier molecular flexibility index (Phi) is 7.75. The molecule has 0 saturated heterocycles. The maximum Gasteiger partial charge on any atom is 0.160 e. The normalized spacial score (nSPS) is 13.2. The van der Waals surface area contributed by atoms with E-state index in [1.165, 1.54) is 48.6 Å². The summed E-state index contributed by atoms with van der Waals surface area (Å²) in [5, 5.41) is 4.59. The Morgan fingerprint density at radius 1 is 0.339 bits per heavy atom. The molecule has 0 saturated carbocycles. The molecule has 1 spiro atoms. The van der Waals surface area contributed by atoms with E-state index in [9.17, 15) is 0 Å². The summed E-state index contributed by atoms with van der Waals surface area (Å²) in [7, 11) is 0. The molecule has 0 bridgehead atoms. The summed E-state index contributed by atoms with van der Waals surface area (Å²) in [5.41, 5.74) is 16.7. The van der Waals surface area contributed by atoms with Gasteiger partial charge >= 0.3 is 0 Å². The monoisotopic (exact) mass is 805 g/mol. The number of benzene rings is 9. The van der Waals surface area contributed by atoms with Crippen LogP contribution < -0.4 is 0 Å². The quantitative estimate of drug-likeness (QED) is 0.166. The number of fused-ring (bicyclic) bond motifs is 14. The van der Waals surface area contributed by atoms with Crippen LogP contribution in [0.5, 0.6) is 0 Å². The van der Waals surface area contributed by atoms with Gasteiger partial charge in [0.1, 0.15) is 0 Å². The first kappa shape index (κ1) is 35.1. The highest BCUT2D eigenvalue weighted by Crippen LogP contribution is 2.63. The summed E-state index contributed by atoms with van der Waals surface area (Å²) in [6, 6.07) is 76.7. The van der Waals surface area contributed by atoms with Gasteiger partial charge in [0.05, 0.1) is 27.8 Å². The third-order valence-corrected chi connectivity index (χ3v) is 14.1. The SMILES string of the molecule is c1ccc(-c2nc(-c3ccc(-c4ccc5c(c4)nc(-c4ccccc4)c4ccc6c(c45)-c4ccccc4C64c5ccccc5Sc5ccccc54)cc3)c3ccccc3n2)cc1. The topological polar surface area (TPSA) is 38.7 Å². The summed E-state index contributed by atoms with van der Waals surface area (Å²) in [6.45, 7) is 0. The fourth-order valence-electron chi connectivity index (χ4n) is 10.3. The lowest BCUT2D eigenvalue weighted by Gasteiger charge is -2.39. The summed E-state index contributed by atoms with van der Waals surface area (Å²) >= 11 is 1.88. The Bertz CT molecular complexity index is 3550. The molecular formula is C58H35N3S. The van der Waals surface area contributed by atoms with Crippen molar-refractivity contribution < 1.29 is 0 Å². The van der Waals surface area contributed by atoms with E-state index in [1.54, 1.807) is 0 Å². The number of aromatic nitrogens is 3. The van der Waals surface area contributed by atoms with Gasteiger partial charge in [-0.15, -0.1) is 0 Å². The highest BCUT2D eigenvalue weighted by molar-refractivity contribution is 7.99. The van der Waals surface area contributed by atoms with Crippen molar-refractivity contribution in [2.75, 3.05) is 0 Å². The second-order valence-electron chi connectivity index (χ2n) is 16.2. The Hall–Kier alpha value is -7.66. The van der Waals surface area contributed by atoms with Crippen molar-refractivity contribution in [2.24, 2.45) is 0 Å². The van der Waals surface area contributed by atoms with Crippen molar-refractivity contribution >= 4 is 44.3 Å². The molecule has 0 N–H and O–H groups in total. The number of hydrogen-bond donors (Lipinski definition) is 0. The highest BCUT2D eigenvalue weighted by atomic mass is 32.2. The van der Waals surface area contributed by atoms with E-state index in [4.69, 9.17) is 15.0 Å². The van der Waals surface area contributed by atoms with E-state index in [-0.39, 0.29) is 0 Å². The number of rotatable bonds is 4. The van der Waals surface area contributed by atoms with Crippen LogP contribution in [0.2, 0.25) is 0 Å². The zero-order valence-corrected chi connectivity index (χ0v) is 34.3. The van der Waals surface area contributed by atoms with E-state index in [0.29, 0.717) is 0 Å². The molecule has 9 aromatic carbocycles. The standard InChI is InChI=1S/C58H35N3S/c1-3-15-37(16-4-1)56-44-33-34-48-54(41-19-7-9-21-45(41)58(48)46-22-10-13-25-51(46)62-52-26-14-11-23-47(52)58)53(44)42-32-31-40(35-50(42)59-56)36-27-29-38(30-28-36)55-43-20-8-12-24-49(43)60-57(61-55)39-17-5-2-6-18-39/h1-35H. The average Bonchev–Trinajstić information content (AvgIpc) is 3.64. The van der Waals surface area contributed by atoms with Gasteiger partial charge in [-0.25, -0.2) is 15.0 Å². The fourth-order valence-corrected chi connectivity index (χ4v) is 11.5. The molecule has 0 unspecified atom stereocenters. The van der Waals surface area contributed by atoms with Crippen LogP contribution in [0.15, 0.2) is 222 Å². The molecule has 2 aromatic heterocycles. The van der Waals surface area contributed by atoms with Gasteiger partial charge < -0.3 is 0 Å². The first-order valence-electron chi connectivity index (χ1n) is 21.1. The molecule has 1 aliphatic heterocycles. The molecule has 0 amide bonds. The van der Waals surface area contributed by atoms with Crippen LogP contribution in [-0.2, 0) is 5.41 Å². The summed E-state index contributed by atoms with van der Waals surface area (Å²) in [4.78, 5) is 18.2. The van der Waals surface area contributed by atoms with Gasteiger partial charge in [0.15, 0.2) is 5.82 Å². The molecule has 11 aromatic rings. The van der Waals surface area contributed by atoms with Gasteiger partial charge in [0.2, 0.25) is 0 Å². The van der Waals surface area contributed by atoms with E-state index in [1.807, 2.05) is 36.0 Å². The molecule has 3 heterocycles. The zero-order valence-electron chi connectivity index (χ0n) is 33.5. The molecule has 288 valence electrons. The lowest BCUT2D eigenvalue weighted by atomic mass is 9.67. The fraction of sp³-hybridized carbons (Fsp3) is 0.0172. The van der Waals surface area contributed by atoms with Crippen LogP contribution in [0.1, 0.15) is 22.3 Å². The molecule has 0 atom stereocenters. The van der Waals surface area contributed by atoms with Crippen molar-refractivity contribution in [2.45, 2.75) is 15.2 Å². The average molecular weight is 806 g/mol. The molecule has 1 aliphatic carbocycles. The number of nitrogens with zero attached hydrogens (tertiary/aromatic N) is 3. The molecular weight excluding hydrogens is 771 g/mol. The minimum absolute atomic E-state index is 0.459. The Balaban J connectivity index is 1.03. The maximum atomic E-state index is 5.53. The van der Waals surface area contributed by atoms with Crippen LogP contribution in [0.25, 0.3) is 88.7 Å². The lowest BCUT2D eigenvalue weighted by molar-refractivity contribution is 0.723. The van der Waals surface area contributed by atoms with Crippen molar-refractivity contribution in [1.29, 1.82) is 0 Å². The maximum absolute atomic E-state index is 5.53. The second kappa shape index (κ2) is 13.7. The van der Waals surface area contributed by atoms with Gasteiger partial charge in [0, 0.05) is 48.0 Å². The van der Waals surface area contributed by atoms with E-state index in [0.717, 1.165) is 72.2 Å². The van der Waals surface area contributed by atoms with Crippen molar-refractivity contribution in [1.82, 2.24) is 15.0 Å².